The number of carbonyl (C=O) groups excluding carboxylic acids is 1. The van der Waals surface area contributed by atoms with Gasteiger partial charge in [-0.15, -0.1) is 0 Å². The first-order chi connectivity index (χ1) is 8.06. The standard InChI is InChI=1S/C13H19N3O/c1-8-3-2-4-12(8)16-13(17)9-5-10(14)7-11(15)6-9/h5-8,12H,2-4,14-15H2,1H3,(H,16,17). The van der Waals surface area contributed by atoms with E-state index in [2.05, 4.69) is 12.2 Å². The van der Waals surface area contributed by atoms with Crippen LogP contribution in [0.15, 0.2) is 18.2 Å². The summed E-state index contributed by atoms with van der Waals surface area (Å²) in [5.74, 6) is 0.472. The lowest BCUT2D eigenvalue weighted by molar-refractivity contribution is 0.0929. The van der Waals surface area contributed by atoms with Crippen LogP contribution >= 0.6 is 0 Å². The molecule has 0 aliphatic heterocycles. The highest BCUT2D eigenvalue weighted by atomic mass is 16.1. The first-order valence-electron chi connectivity index (χ1n) is 6.03. The number of benzene rings is 1. The maximum absolute atomic E-state index is 12.0. The van der Waals surface area contributed by atoms with Crippen LogP contribution in [-0.2, 0) is 0 Å². The van der Waals surface area contributed by atoms with Crippen LogP contribution in [0.4, 0.5) is 11.4 Å². The van der Waals surface area contributed by atoms with Gasteiger partial charge in [-0.3, -0.25) is 4.79 Å². The van der Waals surface area contributed by atoms with E-state index in [1.165, 1.54) is 12.8 Å². The zero-order valence-electron chi connectivity index (χ0n) is 10.1. The minimum atomic E-state index is -0.0808. The normalized spacial score (nSPS) is 23.6. The predicted octanol–water partition coefficient (Wildman–Crippen LogP) is 1.77. The number of hydrogen-bond donors (Lipinski definition) is 3. The van der Waals surface area contributed by atoms with E-state index in [0.29, 0.717) is 22.9 Å². The molecule has 0 saturated heterocycles. The van der Waals surface area contributed by atoms with Crippen molar-refractivity contribution in [2.24, 2.45) is 5.92 Å². The fraction of sp³-hybridized carbons (Fsp3) is 0.462. The van der Waals surface area contributed by atoms with Gasteiger partial charge >= 0.3 is 0 Å². The third-order valence-corrected chi connectivity index (χ3v) is 3.42. The number of amides is 1. The Morgan fingerprint density at radius 1 is 1.24 bits per heavy atom. The highest BCUT2D eigenvalue weighted by Crippen LogP contribution is 2.25. The second-order valence-electron chi connectivity index (χ2n) is 4.88. The third kappa shape index (κ3) is 2.70. The minimum absolute atomic E-state index is 0.0808. The SMILES string of the molecule is CC1CCCC1NC(=O)c1cc(N)cc(N)c1. The molecule has 4 heteroatoms. The molecule has 92 valence electrons. The average molecular weight is 233 g/mol. The monoisotopic (exact) mass is 233 g/mol. The summed E-state index contributed by atoms with van der Waals surface area (Å²) in [5, 5.41) is 3.05. The van der Waals surface area contributed by atoms with Crippen molar-refractivity contribution in [1.82, 2.24) is 5.32 Å². The fourth-order valence-corrected chi connectivity index (χ4v) is 2.42. The van der Waals surface area contributed by atoms with Gasteiger partial charge in [0, 0.05) is 23.0 Å². The van der Waals surface area contributed by atoms with Crippen LogP contribution < -0.4 is 16.8 Å². The number of nitrogens with one attached hydrogen (secondary N) is 1. The molecule has 0 spiro atoms. The van der Waals surface area contributed by atoms with Crippen molar-refractivity contribution in [3.63, 3.8) is 0 Å². The Morgan fingerprint density at radius 2 is 1.88 bits per heavy atom. The molecule has 0 radical (unpaired) electrons. The van der Waals surface area contributed by atoms with E-state index in [-0.39, 0.29) is 11.9 Å². The number of rotatable bonds is 2. The van der Waals surface area contributed by atoms with Crippen LogP contribution in [-0.4, -0.2) is 11.9 Å². The Hall–Kier alpha value is -1.71. The van der Waals surface area contributed by atoms with E-state index in [4.69, 9.17) is 11.5 Å². The molecule has 17 heavy (non-hydrogen) atoms. The van der Waals surface area contributed by atoms with Gasteiger partial charge in [0.15, 0.2) is 0 Å². The Balaban J connectivity index is 2.09. The molecule has 1 saturated carbocycles. The fourth-order valence-electron chi connectivity index (χ4n) is 2.42. The molecule has 2 unspecified atom stereocenters. The van der Waals surface area contributed by atoms with Crippen LogP contribution in [0.2, 0.25) is 0 Å². The molecular weight excluding hydrogens is 214 g/mol. The third-order valence-electron chi connectivity index (χ3n) is 3.42. The number of nitrogen functional groups attached to an aromatic ring is 2. The van der Waals surface area contributed by atoms with E-state index in [1.807, 2.05) is 0 Å². The second-order valence-corrected chi connectivity index (χ2v) is 4.88. The van der Waals surface area contributed by atoms with Crippen LogP contribution in [0.5, 0.6) is 0 Å². The summed E-state index contributed by atoms with van der Waals surface area (Å²) in [4.78, 5) is 12.0. The van der Waals surface area contributed by atoms with Crippen molar-refractivity contribution in [3.8, 4) is 0 Å². The van der Waals surface area contributed by atoms with Gasteiger partial charge in [-0.2, -0.15) is 0 Å². The molecule has 5 N–H and O–H groups in total. The molecule has 0 aromatic heterocycles. The first kappa shape index (κ1) is 11.8. The van der Waals surface area contributed by atoms with E-state index in [9.17, 15) is 4.79 Å². The molecule has 1 aliphatic rings. The highest BCUT2D eigenvalue weighted by molar-refractivity contribution is 5.96. The van der Waals surface area contributed by atoms with Crippen molar-refractivity contribution in [1.29, 1.82) is 0 Å². The van der Waals surface area contributed by atoms with E-state index in [0.717, 1.165) is 6.42 Å². The van der Waals surface area contributed by atoms with Gasteiger partial charge in [0.05, 0.1) is 0 Å². The summed E-state index contributed by atoms with van der Waals surface area (Å²) in [6, 6.07) is 5.25. The first-order valence-corrected chi connectivity index (χ1v) is 6.03. The largest absolute Gasteiger partial charge is 0.399 e. The van der Waals surface area contributed by atoms with E-state index < -0.39 is 0 Å². The molecule has 1 amide bonds. The van der Waals surface area contributed by atoms with Gasteiger partial charge in [-0.25, -0.2) is 0 Å². The number of carbonyl (C=O) groups is 1. The lowest BCUT2D eigenvalue weighted by atomic mass is 10.1. The molecule has 4 nitrogen and oxygen atoms in total. The van der Waals surface area contributed by atoms with Crippen LogP contribution in [0.1, 0.15) is 36.5 Å². The topological polar surface area (TPSA) is 81.1 Å². The van der Waals surface area contributed by atoms with Crippen molar-refractivity contribution in [3.05, 3.63) is 23.8 Å². The molecule has 1 aromatic rings. The summed E-state index contributed by atoms with van der Waals surface area (Å²) in [6.07, 6.45) is 3.43. The summed E-state index contributed by atoms with van der Waals surface area (Å²) < 4.78 is 0. The van der Waals surface area contributed by atoms with Gasteiger partial charge < -0.3 is 16.8 Å². The molecule has 2 atom stereocenters. The minimum Gasteiger partial charge on any atom is -0.399 e. The zero-order chi connectivity index (χ0) is 12.4. The van der Waals surface area contributed by atoms with E-state index in [1.54, 1.807) is 18.2 Å². The predicted molar refractivity (Wildman–Crippen MR) is 69.5 cm³/mol. The van der Waals surface area contributed by atoms with Crippen molar-refractivity contribution in [2.45, 2.75) is 32.2 Å². The van der Waals surface area contributed by atoms with E-state index >= 15 is 0 Å². The van der Waals surface area contributed by atoms with Gasteiger partial charge in [0.25, 0.3) is 5.91 Å². The Kier molecular flexibility index (Phi) is 3.22. The van der Waals surface area contributed by atoms with Crippen LogP contribution in [0.3, 0.4) is 0 Å². The summed E-state index contributed by atoms with van der Waals surface area (Å²) in [6.45, 7) is 2.17. The molecule has 1 aromatic carbocycles. The lowest BCUT2D eigenvalue weighted by Crippen LogP contribution is -2.36. The Bertz CT molecular complexity index is 410. The Morgan fingerprint density at radius 3 is 2.41 bits per heavy atom. The second kappa shape index (κ2) is 4.65. The summed E-state index contributed by atoms with van der Waals surface area (Å²) >= 11 is 0. The molecular formula is C13H19N3O. The number of hydrogen-bond acceptors (Lipinski definition) is 3. The van der Waals surface area contributed by atoms with Crippen LogP contribution in [0, 0.1) is 5.92 Å². The molecule has 0 heterocycles. The molecule has 2 rings (SSSR count). The van der Waals surface area contributed by atoms with Crippen LogP contribution in [0.25, 0.3) is 0 Å². The van der Waals surface area contributed by atoms with Crippen molar-refractivity contribution in [2.75, 3.05) is 11.5 Å². The zero-order valence-corrected chi connectivity index (χ0v) is 10.1. The average Bonchev–Trinajstić information content (AvgIpc) is 2.63. The quantitative estimate of drug-likeness (QED) is 0.681. The Labute approximate surface area is 101 Å². The smallest absolute Gasteiger partial charge is 0.251 e. The number of nitrogens with two attached hydrogens (primary N) is 2. The maximum atomic E-state index is 12.0. The lowest BCUT2D eigenvalue weighted by Gasteiger charge is -2.17. The van der Waals surface area contributed by atoms with Gasteiger partial charge in [-0.1, -0.05) is 13.3 Å². The van der Waals surface area contributed by atoms with Gasteiger partial charge in [0.1, 0.15) is 0 Å². The van der Waals surface area contributed by atoms with Crippen molar-refractivity contribution < 1.29 is 4.79 Å². The number of anilines is 2. The van der Waals surface area contributed by atoms with Crippen molar-refractivity contribution >= 4 is 17.3 Å². The summed E-state index contributed by atoms with van der Waals surface area (Å²) in [7, 11) is 0. The molecule has 0 bridgehead atoms. The molecule has 1 fully saturated rings. The maximum Gasteiger partial charge on any atom is 0.251 e. The van der Waals surface area contributed by atoms with Gasteiger partial charge in [-0.05, 0) is 37.0 Å². The molecule has 1 aliphatic carbocycles. The summed E-state index contributed by atoms with van der Waals surface area (Å²) in [5.41, 5.74) is 12.9. The van der Waals surface area contributed by atoms with Gasteiger partial charge in [0.2, 0.25) is 0 Å². The highest BCUT2D eigenvalue weighted by Gasteiger charge is 2.25.